The van der Waals surface area contributed by atoms with Crippen molar-refractivity contribution >= 4 is 29.0 Å². The Balaban J connectivity index is 2.04. The van der Waals surface area contributed by atoms with Gasteiger partial charge in [-0.3, -0.25) is 19.0 Å². The minimum absolute atomic E-state index is 0.253. The van der Waals surface area contributed by atoms with E-state index in [4.69, 9.17) is 9.47 Å². The second-order valence-electron chi connectivity index (χ2n) is 6.48. The van der Waals surface area contributed by atoms with Crippen molar-refractivity contribution in [1.29, 1.82) is 5.26 Å². The molecule has 0 unspecified atom stereocenters. The molecule has 1 amide bonds. The third-order valence-electron chi connectivity index (χ3n) is 4.56. The number of thiazole rings is 1. The predicted molar refractivity (Wildman–Crippen MR) is 108 cm³/mol. The van der Waals surface area contributed by atoms with Crippen LogP contribution in [0.5, 0.6) is 0 Å². The first-order valence-corrected chi connectivity index (χ1v) is 9.87. The van der Waals surface area contributed by atoms with Gasteiger partial charge < -0.3 is 19.4 Å². The lowest BCUT2D eigenvalue weighted by Crippen LogP contribution is -2.27. The number of aromatic nitrogens is 2. The van der Waals surface area contributed by atoms with Gasteiger partial charge in [0.1, 0.15) is 18.4 Å². The van der Waals surface area contributed by atoms with Crippen molar-refractivity contribution < 1.29 is 19.1 Å². The first kappa shape index (κ1) is 22.4. The summed E-state index contributed by atoms with van der Waals surface area (Å²) < 4.78 is 13.2. The molecule has 156 valence electrons. The molecule has 10 heteroatoms. The van der Waals surface area contributed by atoms with Crippen LogP contribution in [0.25, 0.3) is 0 Å². The number of amides is 1. The summed E-state index contributed by atoms with van der Waals surface area (Å²) in [5.41, 5.74) is 2.68. The first-order valence-electron chi connectivity index (χ1n) is 8.99. The van der Waals surface area contributed by atoms with Crippen LogP contribution in [0.15, 0.2) is 10.2 Å². The van der Waals surface area contributed by atoms with Crippen molar-refractivity contribution in [3.05, 3.63) is 37.6 Å². The molecule has 0 fully saturated rings. The van der Waals surface area contributed by atoms with E-state index in [1.54, 1.807) is 19.4 Å². The summed E-state index contributed by atoms with van der Waals surface area (Å²) in [6.07, 6.45) is 0.711. The van der Waals surface area contributed by atoms with Crippen LogP contribution >= 0.6 is 11.3 Å². The number of nitriles is 1. The first-order chi connectivity index (χ1) is 13.8. The lowest BCUT2D eigenvalue weighted by molar-refractivity contribution is -0.147. The highest BCUT2D eigenvalue weighted by Gasteiger charge is 2.20. The number of methoxy groups -OCH3 is 1. The van der Waals surface area contributed by atoms with E-state index in [0.29, 0.717) is 36.6 Å². The predicted octanol–water partition coefficient (Wildman–Crippen LogP) is 1.73. The molecule has 2 rings (SSSR count). The number of carbonyl (C=O) groups excluding carboxylic acids is 2. The van der Waals surface area contributed by atoms with E-state index in [1.807, 2.05) is 18.4 Å². The zero-order valence-corrected chi connectivity index (χ0v) is 17.7. The van der Waals surface area contributed by atoms with Crippen LogP contribution in [-0.2, 0) is 32.2 Å². The Labute approximate surface area is 172 Å². The Hall–Kier alpha value is -2.90. The van der Waals surface area contributed by atoms with Gasteiger partial charge in [-0.05, 0) is 32.8 Å². The summed E-state index contributed by atoms with van der Waals surface area (Å²) in [6, 6.07) is 2.12. The average molecular weight is 420 g/mol. The molecular formula is C19H24N4O5S. The van der Waals surface area contributed by atoms with Crippen molar-refractivity contribution in [2.24, 2.45) is 0 Å². The molecule has 0 atom stereocenters. The molecule has 2 aromatic rings. The van der Waals surface area contributed by atoms with Crippen molar-refractivity contribution in [2.75, 3.05) is 25.6 Å². The van der Waals surface area contributed by atoms with Crippen LogP contribution < -0.4 is 10.2 Å². The van der Waals surface area contributed by atoms with Gasteiger partial charge >= 0.3 is 10.8 Å². The Morgan fingerprint density at radius 1 is 1.28 bits per heavy atom. The fraction of sp³-hybridized carbons (Fsp3) is 0.474. The van der Waals surface area contributed by atoms with Gasteiger partial charge in [0.15, 0.2) is 6.61 Å². The summed E-state index contributed by atoms with van der Waals surface area (Å²) >= 11 is 0.995. The molecule has 0 spiro atoms. The summed E-state index contributed by atoms with van der Waals surface area (Å²) in [6.45, 7) is 5.75. The minimum Gasteiger partial charge on any atom is -0.454 e. The molecule has 0 bridgehead atoms. The van der Waals surface area contributed by atoms with Crippen LogP contribution in [0.3, 0.4) is 0 Å². The molecule has 2 heterocycles. The van der Waals surface area contributed by atoms with Crippen LogP contribution in [-0.4, -0.2) is 41.3 Å². The number of anilines is 1. The highest BCUT2D eigenvalue weighted by atomic mass is 32.1. The van der Waals surface area contributed by atoms with Crippen LogP contribution in [0, 0.1) is 32.1 Å². The average Bonchev–Trinajstić information content (AvgIpc) is 3.11. The van der Waals surface area contributed by atoms with Crippen LogP contribution in [0.4, 0.5) is 5.82 Å². The Morgan fingerprint density at radius 3 is 2.59 bits per heavy atom. The van der Waals surface area contributed by atoms with Gasteiger partial charge in [-0.2, -0.15) is 5.26 Å². The van der Waals surface area contributed by atoms with E-state index >= 15 is 0 Å². The van der Waals surface area contributed by atoms with E-state index in [0.717, 1.165) is 22.6 Å². The second kappa shape index (κ2) is 10.0. The zero-order chi connectivity index (χ0) is 21.6. The van der Waals surface area contributed by atoms with Crippen LogP contribution in [0.1, 0.15) is 28.9 Å². The van der Waals surface area contributed by atoms with Gasteiger partial charge in [0.25, 0.3) is 5.91 Å². The van der Waals surface area contributed by atoms with Gasteiger partial charge in [-0.15, -0.1) is 0 Å². The van der Waals surface area contributed by atoms with Gasteiger partial charge in [0.05, 0.1) is 5.56 Å². The molecule has 9 nitrogen and oxygen atoms in total. The maximum absolute atomic E-state index is 12.3. The molecule has 0 saturated heterocycles. The number of nitrogens with one attached hydrogen (secondary N) is 1. The minimum atomic E-state index is -0.688. The quantitative estimate of drug-likeness (QED) is 0.488. The largest absolute Gasteiger partial charge is 0.454 e. The number of aryl methyl sites for hydroxylation is 1. The molecule has 1 N–H and O–H groups in total. The number of hydrogen-bond acceptors (Lipinski definition) is 7. The smallest absolute Gasteiger partial charge is 0.326 e. The lowest BCUT2D eigenvalue weighted by Gasteiger charge is -2.13. The van der Waals surface area contributed by atoms with E-state index in [-0.39, 0.29) is 11.4 Å². The maximum atomic E-state index is 12.3. The SMILES string of the molecule is COCCCn1c(C)c(C)c(C#N)c1NC(=O)COC(=O)Cn1c(C)csc1=O. The highest BCUT2D eigenvalue weighted by Crippen LogP contribution is 2.26. The summed E-state index contributed by atoms with van der Waals surface area (Å²) in [7, 11) is 1.61. The van der Waals surface area contributed by atoms with E-state index in [2.05, 4.69) is 11.4 Å². The fourth-order valence-corrected chi connectivity index (χ4v) is 3.60. The topological polar surface area (TPSA) is 115 Å². The van der Waals surface area contributed by atoms with Gasteiger partial charge in [0.2, 0.25) is 0 Å². The summed E-state index contributed by atoms with van der Waals surface area (Å²) in [5.74, 6) is -0.869. The molecule has 0 aliphatic carbocycles. The Bertz CT molecular complexity index is 996. The number of rotatable bonds is 9. The monoisotopic (exact) mass is 420 g/mol. The lowest BCUT2D eigenvalue weighted by atomic mass is 10.2. The fourth-order valence-electron chi connectivity index (χ4n) is 2.86. The molecule has 0 aliphatic heterocycles. The van der Waals surface area contributed by atoms with Crippen molar-refractivity contribution in [3.8, 4) is 6.07 Å². The van der Waals surface area contributed by atoms with E-state index < -0.39 is 18.5 Å². The Morgan fingerprint density at radius 2 is 2.00 bits per heavy atom. The number of hydrogen-bond donors (Lipinski definition) is 1. The molecule has 0 aliphatic rings. The van der Waals surface area contributed by atoms with E-state index in [1.165, 1.54) is 4.57 Å². The van der Waals surface area contributed by atoms with Crippen molar-refractivity contribution in [3.63, 3.8) is 0 Å². The molecule has 0 saturated carbocycles. The van der Waals surface area contributed by atoms with Gasteiger partial charge in [-0.25, -0.2) is 0 Å². The Kier molecular flexibility index (Phi) is 7.75. The summed E-state index contributed by atoms with van der Waals surface area (Å²) in [5, 5.41) is 13.8. The molecule has 0 aromatic carbocycles. The molecule has 0 radical (unpaired) electrons. The molecule has 2 aromatic heterocycles. The van der Waals surface area contributed by atoms with Crippen LogP contribution in [0.2, 0.25) is 0 Å². The number of nitrogens with zero attached hydrogens (tertiary/aromatic N) is 3. The second-order valence-corrected chi connectivity index (χ2v) is 7.30. The molecular weight excluding hydrogens is 396 g/mol. The van der Waals surface area contributed by atoms with Gasteiger partial charge in [0, 0.05) is 37.0 Å². The maximum Gasteiger partial charge on any atom is 0.326 e. The number of ether oxygens (including phenoxy) is 2. The summed E-state index contributed by atoms with van der Waals surface area (Å²) in [4.78, 5) is 35.7. The van der Waals surface area contributed by atoms with Gasteiger partial charge in [-0.1, -0.05) is 11.3 Å². The number of carbonyl (C=O) groups is 2. The third kappa shape index (κ3) is 5.34. The third-order valence-corrected chi connectivity index (χ3v) is 5.44. The molecule has 29 heavy (non-hydrogen) atoms. The standard InChI is InChI=1S/C19H24N4O5S/c1-12-11-29-19(26)23(12)9-17(25)28-10-16(24)21-18-15(8-20)13(2)14(3)22(18)6-5-7-27-4/h11H,5-7,9-10H2,1-4H3,(H,21,24). The zero-order valence-electron chi connectivity index (χ0n) is 16.9. The van der Waals surface area contributed by atoms with Crippen molar-refractivity contribution in [2.45, 2.75) is 40.3 Å². The van der Waals surface area contributed by atoms with Crippen molar-refractivity contribution in [1.82, 2.24) is 9.13 Å². The van der Waals surface area contributed by atoms with E-state index in [9.17, 15) is 19.6 Å². The number of esters is 1. The highest BCUT2D eigenvalue weighted by molar-refractivity contribution is 7.07. The normalized spacial score (nSPS) is 10.6.